The Hall–Kier alpha value is -0.610. The molecule has 4 unspecified atom stereocenters. The van der Waals surface area contributed by atoms with Gasteiger partial charge in [-0.05, 0) is 52.0 Å². The standard InChI is InChI=1S/C15H27N3O/c1-18-13-3-2-4-14(18)9-12(8-13)17-15(19)10-5-6-11(16)7-10/h10-14H,2-9,16H2,1H3,(H,17,19). The van der Waals surface area contributed by atoms with Gasteiger partial charge in [0.05, 0.1) is 0 Å². The highest BCUT2D eigenvalue weighted by Crippen LogP contribution is 2.33. The third-order valence-corrected chi connectivity index (χ3v) is 5.53. The first kappa shape index (κ1) is 13.4. The van der Waals surface area contributed by atoms with Crippen molar-refractivity contribution in [2.24, 2.45) is 11.7 Å². The predicted octanol–water partition coefficient (Wildman–Crippen LogP) is 1.25. The monoisotopic (exact) mass is 265 g/mol. The maximum absolute atomic E-state index is 12.3. The van der Waals surface area contributed by atoms with Gasteiger partial charge in [-0.25, -0.2) is 0 Å². The SMILES string of the molecule is CN1C2CCCC1CC(NC(=O)C1CCC(N)C1)C2. The van der Waals surface area contributed by atoms with Gasteiger partial charge in [0, 0.05) is 30.1 Å². The number of rotatable bonds is 2. The fourth-order valence-electron chi connectivity index (χ4n) is 4.31. The van der Waals surface area contributed by atoms with Crippen LogP contribution in [0.2, 0.25) is 0 Å². The Morgan fingerprint density at radius 3 is 2.37 bits per heavy atom. The van der Waals surface area contributed by atoms with Crippen molar-refractivity contribution in [1.29, 1.82) is 0 Å². The zero-order valence-electron chi connectivity index (χ0n) is 12.0. The number of hydrogen-bond acceptors (Lipinski definition) is 3. The Bertz CT molecular complexity index is 332. The molecule has 1 saturated carbocycles. The van der Waals surface area contributed by atoms with Gasteiger partial charge >= 0.3 is 0 Å². The smallest absolute Gasteiger partial charge is 0.223 e. The van der Waals surface area contributed by atoms with Crippen molar-refractivity contribution >= 4 is 5.91 Å². The Morgan fingerprint density at radius 2 is 1.79 bits per heavy atom. The molecule has 0 radical (unpaired) electrons. The molecule has 0 aromatic rings. The Kier molecular flexibility index (Phi) is 3.81. The topological polar surface area (TPSA) is 58.4 Å². The molecule has 0 aromatic heterocycles. The molecule has 2 heterocycles. The molecule has 2 saturated heterocycles. The fourth-order valence-corrected chi connectivity index (χ4v) is 4.31. The molecule has 4 heteroatoms. The summed E-state index contributed by atoms with van der Waals surface area (Å²) in [6, 6.07) is 2.01. The van der Waals surface area contributed by atoms with Crippen LogP contribution in [0.1, 0.15) is 51.4 Å². The highest BCUT2D eigenvalue weighted by atomic mass is 16.1. The molecule has 4 nitrogen and oxygen atoms in total. The molecule has 1 aliphatic carbocycles. The lowest BCUT2D eigenvalue weighted by Gasteiger charge is -2.47. The fraction of sp³-hybridized carbons (Fsp3) is 0.933. The van der Waals surface area contributed by atoms with Crippen LogP contribution in [0.5, 0.6) is 0 Å². The summed E-state index contributed by atoms with van der Waals surface area (Å²) in [5, 5.41) is 3.31. The van der Waals surface area contributed by atoms with Gasteiger partial charge in [0.15, 0.2) is 0 Å². The second kappa shape index (κ2) is 5.41. The number of piperidine rings is 2. The van der Waals surface area contributed by atoms with Crippen LogP contribution < -0.4 is 11.1 Å². The van der Waals surface area contributed by atoms with Crippen molar-refractivity contribution in [3.8, 4) is 0 Å². The number of amides is 1. The quantitative estimate of drug-likeness (QED) is 0.790. The largest absolute Gasteiger partial charge is 0.353 e. The van der Waals surface area contributed by atoms with Crippen LogP contribution in [0, 0.1) is 5.92 Å². The van der Waals surface area contributed by atoms with Crippen LogP contribution in [0.3, 0.4) is 0 Å². The maximum atomic E-state index is 12.3. The van der Waals surface area contributed by atoms with E-state index in [2.05, 4.69) is 17.3 Å². The van der Waals surface area contributed by atoms with E-state index >= 15 is 0 Å². The van der Waals surface area contributed by atoms with E-state index in [1.165, 1.54) is 19.3 Å². The first-order valence-electron chi connectivity index (χ1n) is 7.91. The highest BCUT2D eigenvalue weighted by molar-refractivity contribution is 5.79. The van der Waals surface area contributed by atoms with Crippen LogP contribution in [0.4, 0.5) is 0 Å². The predicted molar refractivity (Wildman–Crippen MR) is 75.7 cm³/mol. The molecule has 4 atom stereocenters. The lowest BCUT2D eigenvalue weighted by atomic mass is 9.82. The summed E-state index contributed by atoms with van der Waals surface area (Å²) < 4.78 is 0. The number of hydrogen-bond donors (Lipinski definition) is 2. The summed E-state index contributed by atoms with van der Waals surface area (Å²) in [4.78, 5) is 14.8. The number of nitrogens with zero attached hydrogens (tertiary/aromatic N) is 1. The average molecular weight is 265 g/mol. The number of nitrogens with one attached hydrogen (secondary N) is 1. The van der Waals surface area contributed by atoms with Gasteiger partial charge in [0.2, 0.25) is 5.91 Å². The third kappa shape index (κ3) is 2.79. The molecule has 0 spiro atoms. The first-order valence-corrected chi connectivity index (χ1v) is 7.91. The number of nitrogens with two attached hydrogens (primary N) is 1. The van der Waals surface area contributed by atoms with E-state index in [1.54, 1.807) is 0 Å². The van der Waals surface area contributed by atoms with Crippen molar-refractivity contribution in [2.45, 2.75) is 75.5 Å². The molecule has 3 N–H and O–H groups in total. The van der Waals surface area contributed by atoms with Crippen molar-refractivity contribution in [3.63, 3.8) is 0 Å². The molecule has 0 aromatic carbocycles. The second-order valence-electron chi connectivity index (χ2n) is 6.85. The summed E-state index contributed by atoms with van der Waals surface area (Å²) in [5.74, 6) is 0.440. The molecule has 19 heavy (non-hydrogen) atoms. The molecule has 3 aliphatic rings. The summed E-state index contributed by atoms with van der Waals surface area (Å²) in [6.07, 6.45) is 9.10. The first-order chi connectivity index (χ1) is 9.13. The summed E-state index contributed by atoms with van der Waals surface area (Å²) >= 11 is 0. The van der Waals surface area contributed by atoms with E-state index in [0.717, 1.165) is 32.1 Å². The van der Waals surface area contributed by atoms with Gasteiger partial charge < -0.3 is 16.0 Å². The minimum atomic E-state index is 0.175. The Morgan fingerprint density at radius 1 is 1.11 bits per heavy atom. The molecule has 108 valence electrons. The Labute approximate surface area is 116 Å². The minimum absolute atomic E-state index is 0.175. The van der Waals surface area contributed by atoms with Crippen LogP contribution in [0.15, 0.2) is 0 Å². The van der Waals surface area contributed by atoms with E-state index in [1.807, 2.05) is 0 Å². The summed E-state index contributed by atoms with van der Waals surface area (Å²) in [5.41, 5.74) is 5.90. The van der Waals surface area contributed by atoms with Gasteiger partial charge in [-0.2, -0.15) is 0 Å². The van der Waals surface area contributed by atoms with E-state index in [9.17, 15) is 4.79 Å². The number of fused-ring (bicyclic) bond motifs is 2. The highest BCUT2D eigenvalue weighted by Gasteiger charge is 2.37. The molecule has 3 fully saturated rings. The van der Waals surface area contributed by atoms with Crippen LogP contribution >= 0.6 is 0 Å². The number of carbonyl (C=O) groups excluding carboxylic acids is 1. The molecule has 2 aliphatic heterocycles. The van der Waals surface area contributed by atoms with Gasteiger partial charge in [0.25, 0.3) is 0 Å². The maximum Gasteiger partial charge on any atom is 0.223 e. The van der Waals surface area contributed by atoms with Gasteiger partial charge in [-0.3, -0.25) is 4.79 Å². The molecule has 2 bridgehead atoms. The normalized spacial score (nSPS) is 43.2. The van der Waals surface area contributed by atoms with Gasteiger partial charge in [-0.15, -0.1) is 0 Å². The third-order valence-electron chi connectivity index (χ3n) is 5.53. The molecular formula is C15H27N3O. The van der Waals surface area contributed by atoms with Crippen molar-refractivity contribution < 1.29 is 4.79 Å². The van der Waals surface area contributed by atoms with Crippen molar-refractivity contribution in [3.05, 3.63) is 0 Å². The van der Waals surface area contributed by atoms with Gasteiger partial charge in [-0.1, -0.05) is 6.42 Å². The van der Waals surface area contributed by atoms with Crippen LogP contribution in [0.25, 0.3) is 0 Å². The van der Waals surface area contributed by atoms with E-state index < -0.39 is 0 Å². The van der Waals surface area contributed by atoms with E-state index in [4.69, 9.17) is 5.73 Å². The molecular weight excluding hydrogens is 238 g/mol. The zero-order valence-corrected chi connectivity index (χ0v) is 12.0. The molecule has 1 amide bonds. The average Bonchev–Trinajstić information content (AvgIpc) is 2.77. The van der Waals surface area contributed by atoms with Crippen LogP contribution in [-0.4, -0.2) is 42.0 Å². The van der Waals surface area contributed by atoms with Crippen molar-refractivity contribution in [1.82, 2.24) is 10.2 Å². The number of carbonyl (C=O) groups is 1. The summed E-state index contributed by atoms with van der Waals surface area (Å²) in [7, 11) is 2.25. The van der Waals surface area contributed by atoms with E-state index in [0.29, 0.717) is 18.1 Å². The van der Waals surface area contributed by atoms with Gasteiger partial charge in [0.1, 0.15) is 0 Å². The van der Waals surface area contributed by atoms with Crippen LogP contribution in [-0.2, 0) is 4.79 Å². The second-order valence-corrected chi connectivity index (χ2v) is 6.85. The molecule has 3 rings (SSSR count). The van der Waals surface area contributed by atoms with E-state index in [-0.39, 0.29) is 17.9 Å². The Balaban J connectivity index is 1.54. The zero-order chi connectivity index (χ0) is 13.4. The minimum Gasteiger partial charge on any atom is -0.353 e. The van der Waals surface area contributed by atoms with Crippen molar-refractivity contribution in [2.75, 3.05) is 7.05 Å². The lowest BCUT2D eigenvalue weighted by Crippen LogP contribution is -2.55. The summed E-state index contributed by atoms with van der Waals surface area (Å²) in [6.45, 7) is 0. The lowest BCUT2D eigenvalue weighted by molar-refractivity contribution is -0.126.